The average molecular weight is 587 g/mol. The van der Waals surface area contributed by atoms with Crippen LogP contribution >= 0.6 is 0 Å². The van der Waals surface area contributed by atoms with E-state index in [1.54, 1.807) is 36.5 Å². The van der Waals surface area contributed by atoms with Crippen LogP contribution in [-0.4, -0.2) is 19.1 Å². The molecular formula is C38H18N8. The van der Waals surface area contributed by atoms with Gasteiger partial charge in [-0.25, -0.2) is 9.97 Å². The van der Waals surface area contributed by atoms with Crippen molar-refractivity contribution in [3.05, 3.63) is 132 Å². The van der Waals surface area contributed by atoms with Crippen LogP contribution in [0.5, 0.6) is 0 Å². The van der Waals surface area contributed by atoms with Crippen molar-refractivity contribution in [2.75, 3.05) is 0 Å². The second-order valence-corrected chi connectivity index (χ2v) is 10.8. The van der Waals surface area contributed by atoms with E-state index >= 15 is 0 Å². The highest BCUT2D eigenvalue weighted by atomic mass is 15.2. The van der Waals surface area contributed by atoms with Gasteiger partial charge in [-0.3, -0.25) is 9.13 Å². The van der Waals surface area contributed by atoms with Crippen molar-refractivity contribution in [2.24, 2.45) is 0 Å². The van der Waals surface area contributed by atoms with Crippen molar-refractivity contribution >= 4 is 43.7 Å². The lowest BCUT2D eigenvalue weighted by Crippen LogP contribution is -2.05. The summed E-state index contributed by atoms with van der Waals surface area (Å²) in [5.74, 6) is 1.12. The zero-order valence-corrected chi connectivity index (χ0v) is 24.0. The number of fused-ring (bicyclic) bond motifs is 6. The van der Waals surface area contributed by atoms with E-state index in [0.29, 0.717) is 45.0 Å². The van der Waals surface area contributed by atoms with Gasteiger partial charge in [-0.2, -0.15) is 21.0 Å². The third-order valence-electron chi connectivity index (χ3n) is 8.29. The summed E-state index contributed by atoms with van der Waals surface area (Å²) in [6.07, 6.45) is 1.75. The summed E-state index contributed by atoms with van der Waals surface area (Å²) in [6.45, 7) is 0. The Morgan fingerprint density at radius 2 is 1.09 bits per heavy atom. The summed E-state index contributed by atoms with van der Waals surface area (Å²) < 4.78 is 4.01. The number of hydrogen-bond donors (Lipinski definition) is 0. The number of para-hydroxylation sites is 1. The molecule has 0 amide bonds. The van der Waals surface area contributed by atoms with Crippen LogP contribution < -0.4 is 0 Å². The number of benzene rings is 4. The first-order valence-corrected chi connectivity index (χ1v) is 14.3. The standard InChI is InChI=1S/C38H18N8/c39-19-23-7-10-26(22-42)30(14-23)27-17-36(44-37(18-27)46-33-6-2-1-4-28(33)29-5-3-13-43-38(29)46)45-34-11-8-24(20-40)15-31(34)32-16-25(21-41)9-12-35(32)45/h1-18H. The molecule has 0 bridgehead atoms. The molecule has 0 aliphatic heterocycles. The van der Waals surface area contributed by atoms with Crippen molar-refractivity contribution < 1.29 is 0 Å². The second kappa shape index (κ2) is 10.2. The van der Waals surface area contributed by atoms with E-state index in [2.05, 4.69) is 30.3 Å². The molecule has 0 atom stereocenters. The molecule has 8 heteroatoms. The lowest BCUT2D eigenvalue weighted by Gasteiger charge is -2.15. The zero-order valence-electron chi connectivity index (χ0n) is 24.0. The predicted octanol–water partition coefficient (Wildman–Crippen LogP) is 7.82. The lowest BCUT2D eigenvalue weighted by molar-refractivity contribution is 1.00. The van der Waals surface area contributed by atoms with Crippen molar-refractivity contribution in [2.45, 2.75) is 0 Å². The van der Waals surface area contributed by atoms with E-state index in [0.717, 1.165) is 43.7 Å². The Morgan fingerprint density at radius 1 is 0.500 bits per heavy atom. The molecule has 0 unspecified atom stereocenters. The normalized spacial score (nSPS) is 11.0. The molecule has 0 saturated carbocycles. The van der Waals surface area contributed by atoms with Crippen LogP contribution in [0.25, 0.3) is 66.5 Å². The van der Waals surface area contributed by atoms with Gasteiger partial charge in [0.1, 0.15) is 17.3 Å². The van der Waals surface area contributed by atoms with Gasteiger partial charge in [-0.1, -0.05) is 18.2 Å². The van der Waals surface area contributed by atoms with Crippen LogP contribution in [0, 0.1) is 45.3 Å². The smallest absolute Gasteiger partial charge is 0.146 e. The molecule has 4 aromatic heterocycles. The van der Waals surface area contributed by atoms with Crippen LogP contribution in [0.4, 0.5) is 0 Å². The molecule has 8 nitrogen and oxygen atoms in total. The fourth-order valence-electron chi connectivity index (χ4n) is 6.27. The fraction of sp³-hybridized carbons (Fsp3) is 0. The van der Waals surface area contributed by atoms with Gasteiger partial charge in [0.05, 0.1) is 63.1 Å². The highest BCUT2D eigenvalue weighted by molar-refractivity contribution is 6.10. The maximum absolute atomic E-state index is 10.1. The SMILES string of the molecule is N#Cc1ccc(C#N)c(-c2cc(-n3c4ccc(C#N)cc4c4cc(C#N)ccc43)nc(-n3c4ccccc4c4cccnc43)c2)c1. The highest BCUT2D eigenvalue weighted by Crippen LogP contribution is 2.37. The second-order valence-electron chi connectivity index (χ2n) is 10.8. The molecule has 210 valence electrons. The fourth-order valence-corrected chi connectivity index (χ4v) is 6.27. The molecule has 0 radical (unpaired) electrons. The molecule has 0 N–H and O–H groups in total. The molecule has 4 heterocycles. The number of nitriles is 4. The Balaban J connectivity index is 1.53. The molecular weight excluding hydrogens is 568 g/mol. The highest BCUT2D eigenvalue weighted by Gasteiger charge is 2.20. The monoisotopic (exact) mass is 586 g/mol. The molecule has 0 aliphatic carbocycles. The molecule has 0 fully saturated rings. The van der Waals surface area contributed by atoms with Crippen LogP contribution in [0.3, 0.4) is 0 Å². The summed E-state index contributed by atoms with van der Waals surface area (Å²) in [7, 11) is 0. The van der Waals surface area contributed by atoms with E-state index in [9.17, 15) is 21.0 Å². The van der Waals surface area contributed by atoms with E-state index in [1.807, 2.05) is 75.9 Å². The molecule has 0 spiro atoms. The van der Waals surface area contributed by atoms with Gasteiger partial charge in [-0.15, -0.1) is 0 Å². The number of aromatic nitrogens is 4. The minimum absolute atomic E-state index is 0.419. The lowest BCUT2D eigenvalue weighted by atomic mass is 9.98. The van der Waals surface area contributed by atoms with Crippen LogP contribution in [0.15, 0.2) is 109 Å². The van der Waals surface area contributed by atoms with Crippen molar-refractivity contribution in [1.29, 1.82) is 21.0 Å². The van der Waals surface area contributed by atoms with Crippen LogP contribution in [0.1, 0.15) is 22.3 Å². The molecule has 4 aromatic carbocycles. The zero-order chi connectivity index (χ0) is 31.4. The first-order chi connectivity index (χ1) is 22.6. The van der Waals surface area contributed by atoms with Crippen molar-refractivity contribution in [3.8, 4) is 47.0 Å². The number of pyridine rings is 2. The quantitative estimate of drug-likeness (QED) is 0.207. The van der Waals surface area contributed by atoms with E-state index in [1.165, 1.54) is 0 Å². The van der Waals surface area contributed by atoms with Crippen molar-refractivity contribution in [3.63, 3.8) is 0 Å². The Kier molecular flexibility index (Phi) is 5.84. The molecule has 46 heavy (non-hydrogen) atoms. The van der Waals surface area contributed by atoms with Crippen molar-refractivity contribution in [1.82, 2.24) is 19.1 Å². The van der Waals surface area contributed by atoms with Gasteiger partial charge in [0.25, 0.3) is 0 Å². The Labute approximate surface area is 262 Å². The molecule has 8 rings (SSSR count). The Hall–Kier alpha value is -7.26. The van der Waals surface area contributed by atoms with Crippen LogP contribution in [-0.2, 0) is 0 Å². The largest absolute Gasteiger partial charge is 0.294 e. The average Bonchev–Trinajstić information content (AvgIpc) is 3.63. The first kappa shape index (κ1) is 26.4. The molecule has 0 aliphatic rings. The van der Waals surface area contributed by atoms with E-state index in [-0.39, 0.29) is 0 Å². The maximum atomic E-state index is 10.1. The van der Waals surface area contributed by atoms with Gasteiger partial charge in [0.15, 0.2) is 0 Å². The van der Waals surface area contributed by atoms with Crippen LogP contribution in [0.2, 0.25) is 0 Å². The first-order valence-electron chi connectivity index (χ1n) is 14.3. The van der Waals surface area contributed by atoms with Gasteiger partial charge >= 0.3 is 0 Å². The maximum Gasteiger partial charge on any atom is 0.146 e. The minimum atomic E-state index is 0.419. The summed E-state index contributed by atoms with van der Waals surface area (Å²) in [5, 5.41) is 42.8. The molecule has 8 aromatic rings. The predicted molar refractivity (Wildman–Crippen MR) is 175 cm³/mol. The van der Waals surface area contributed by atoms with E-state index in [4.69, 9.17) is 9.97 Å². The van der Waals surface area contributed by atoms with E-state index < -0.39 is 0 Å². The minimum Gasteiger partial charge on any atom is -0.294 e. The topological polar surface area (TPSA) is 131 Å². The van der Waals surface area contributed by atoms with Gasteiger partial charge in [-0.05, 0) is 90.5 Å². The Bertz CT molecular complexity index is 2630. The summed E-state index contributed by atoms with van der Waals surface area (Å²) in [4.78, 5) is 9.98. The third kappa shape index (κ3) is 3.90. The van der Waals surface area contributed by atoms with Gasteiger partial charge in [0.2, 0.25) is 0 Å². The number of rotatable bonds is 3. The summed E-state index contributed by atoms with van der Waals surface area (Å²) in [6, 6.07) is 40.6. The summed E-state index contributed by atoms with van der Waals surface area (Å²) >= 11 is 0. The summed E-state index contributed by atoms with van der Waals surface area (Å²) in [5.41, 5.74) is 6.37. The number of nitrogens with zero attached hydrogens (tertiary/aromatic N) is 8. The Morgan fingerprint density at radius 3 is 1.76 bits per heavy atom. The number of hydrogen-bond acceptors (Lipinski definition) is 6. The van der Waals surface area contributed by atoms with Gasteiger partial charge in [0, 0.05) is 33.3 Å². The third-order valence-corrected chi connectivity index (χ3v) is 8.29. The molecule has 0 saturated heterocycles. The van der Waals surface area contributed by atoms with Gasteiger partial charge < -0.3 is 0 Å².